The van der Waals surface area contributed by atoms with Gasteiger partial charge in [0, 0.05) is 12.0 Å². The minimum Gasteiger partial charge on any atom is -0.496 e. The van der Waals surface area contributed by atoms with Crippen LogP contribution < -0.4 is 10.1 Å². The summed E-state index contributed by atoms with van der Waals surface area (Å²) >= 11 is 0. The first-order chi connectivity index (χ1) is 7.65. The molecule has 1 aliphatic heterocycles. The van der Waals surface area contributed by atoms with Crippen molar-refractivity contribution in [2.75, 3.05) is 20.2 Å². The highest BCUT2D eigenvalue weighted by Gasteiger charge is 2.28. The normalized spacial score (nSPS) is 25.4. The van der Waals surface area contributed by atoms with Crippen LogP contribution in [0.25, 0.3) is 0 Å². The van der Waals surface area contributed by atoms with Gasteiger partial charge in [0.15, 0.2) is 0 Å². The Labute approximate surface area is 98.0 Å². The molecule has 1 N–H and O–H groups in total. The van der Waals surface area contributed by atoms with E-state index < -0.39 is 0 Å². The van der Waals surface area contributed by atoms with Gasteiger partial charge in [-0.1, -0.05) is 19.1 Å². The number of benzene rings is 1. The number of hydrogen-bond donors (Lipinski definition) is 1. The fourth-order valence-corrected chi connectivity index (χ4v) is 2.56. The highest BCUT2D eigenvalue weighted by molar-refractivity contribution is 5.39. The molecular formula is C14H21NO. The standard InChI is InChI=1S/C14H21NO/c1-11-9-12(5-6-13(11)16-3)14(2)7-4-8-15-10-14/h5-6,9,15H,4,7-8,10H2,1-3H3. The summed E-state index contributed by atoms with van der Waals surface area (Å²) in [4.78, 5) is 0. The Kier molecular flexibility index (Phi) is 3.20. The van der Waals surface area contributed by atoms with Gasteiger partial charge in [0.25, 0.3) is 0 Å². The first kappa shape index (κ1) is 11.5. The lowest BCUT2D eigenvalue weighted by Crippen LogP contribution is -2.41. The molecule has 1 heterocycles. The Morgan fingerprint density at radius 1 is 1.38 bits per heavy atom. The molecule has 2 nitrogen and oxygen atoms in total. The van der Waals surface area contributed by atoms with Crippen molar-refractivity contribution < 1.29 is 4.74 Å². The fraction of sp³-hybridized carbons (Fsp3) is 0.571. The number of aryl methyl sites for hydroxylation is 1. The van der Waals surface area contributed by atoms with Crippen LogP contribution in [0.4, 0.5) is 0 Å². The third-order valence-electron chi connectivity index (χ3n) is 3.69. The van der Waals surface area contributed by atoms with E-state index in [0.717, 1.165) is 18.8 Å². The highest BCUT2D eigenvalue weighted by Crippen LogP contribution is 2.33. The zero-order valence-electron chi connectivity index (χ0n) is 10.5. The second kappa shape index (κ2) is 4.46. The maximum atomic E-state index is 5.30. The molecule has 1 aliphatic rings. The largest absolute Gasteiger partial charge is 0.496 e. The Morgan fingerprint density at radius 2 is 2.19 bits per heavy atom. The summed E-state index contributed by atoms with van der Waals surface area (Å²) in [5.41, 5.74) is 2.94. The molecule has 16 heavy (non-hydrogen) atoms. The zero-order chi connectivity index (χ0) is 11.6. The molecule has 1 saturated heterocycles. The molecule has 1 atom stereocenters. The van der Waals surface area contributed by atoms with Gasteiger partial charge in [-0.3, -0.25) is 0 Å². The van der Waals surface area contributed by atoms with Crippen molar-refractivity contribution in [3.8, 4) is 5.75 Å². The molecule has 0 saturated carbocycles. The molecule has 1 unspecified atom stereocenters. The van der Waals surface area contributed by atoms with Crippen LogP contribution in [0.5, 0.6) is 5.75 Å². The SMILES string of the molecule is COc1ccc(C2(C)CCCNC2)cc1C. The molecule has 1 aromatic carbocycles. The minimum absolute atomic E-state index is 0.287. The van der Waals surface area contributed by atoms with Gasteiger partial charge < -0.3 is 10.1 Å². The molecule has 2 heteroatoms. The van der Waals surface area contributed by atoms with E-state index in [0.29, 0.717) is 0 Å². The van der Waals surface area contributed by atoms with Crippen LogP contribution in [-0.2, 0) is 5.41 Å². The predicted molar refractivity (Wildman–Crippen MR) is 67.2 cm³/mol. The average Bonchev–Trinajstić information content (AvgIpc) is 2.30. The second-order valence-corrected chi connectivity index (χ2v) is 5.03. The van der Waals surface area contributed by atoms with Gasteiger partial charge in [0.1, 0.15) is 5.75 Å². The maximum Gasteiger partial charge on any atom is 0.121 e. The smallest absolute Gasteiger partial charge is 0.121 e. The van der Waals surface area contributed by atoms with E-state index in [1.165, 1.54) is 24.0 Å². The summed E-state index contributed by atoms with van der Waals surface area (Å²) in [7, 11) is 1.73. The van der Waals surface area contributed by atoms with Crippen molar-refractivity contribution in [1.82, 2.24) is 5.32 Å². The quantitative estimate of drug-likeness (QED) is 0.825. The van der Waals surface area contributed by atoms with Crippen molar-refractivity contribution in [1.29, 1.82) is 0 Å². The first-order valence-corrected chi connectivity index (χ1v) is 6.01. The first-order valence-electron chi connectivity index (χ1n) is 6.01. The van der Waals surface area contributed by atoms with Crippen LogP contribution in [0.15, 0.2) is 18.2 Å². The van der Waals surface area contributed by atoms with Crippen molar-refractivity contribution in [3.05, 3.63) is 29.3 Å². The second-order valence-electron chi connectivity index (χ2n) is 5.03. The van der Waals surface area contributed by atoms with E-state index in [-0.39, 0.29) is 5.41 Å². The summed E-state index contributed by atoms with van der Waals surface area (Å²) in [6, 6.07) is 6.56. The Balaban J connectivity index is 2.29. The maximum absolute atomic E-state index is 5.30. The Hall–Kier alpha value is -1.02. The van der Waals surface area contributed by atoms with Gasteiger partial charge in [0.05, 0.1) is 7.11 Å². The summed E-state index contributed by atoms with van der Waals surface area (Å²) < 4.78 is 5.30. The van der Waals surface area contributed by atoms with Crippen LogP contribution in [0.2, 0.25) is 0 Å². The van der Waals surface area contributed by atoms with Crippen LogP contribution in [0, 0.1) is 6.92 Å². The van der Waals surface area contributed by atoms with Gasteiger partial charge in [-0.2, -0.15) is 0 Å². The van der Waals surface area contributed by atoms with E-state index in [2.05, 4.69) is 37.4 Å². The molecule has 0 amide bonds. The lowest BCUT2D eigenvalue weighted by molar-refractivity contribution is 0.338. The van der Waals surface area contributed by atoms with Crippen LogP contribution in [0.3, 0.4) is 0 Å². The fourth-order valence-electron chi connectivity index (χ4n) is 2.56. The average molecular weight is 219 g/mol. The Morgan fingerprint density at radius 3 is 2.75 bits per heavy atom. The number of hydrogen-bond acceptors (Lipinski definition) is 2. The van der Waals surface area contributed by atoms with Gasteiger partial charge in [-0.15, -0.1) is 0 Å². The van der Waals surface area contributed by atoms with Gasteiger partial charge in [0.2, 0.25) is 0 Å². The lowest BCUT2D eigenvalue weighted by atomic mass is 9.76. The van der Waals surface area contributed by atoms with E-state index >= 15 is 0 Å². The van der Waals surface area contributed by atoms with Gasteiger partial charge in [-0.05, 0) is 43.5 Å². The lowest BCUT2D eigenvalue weighted by Gasteiger charge is -2.35. The highest BCUT2D eigenvalue weighted by atomic mass is 16.5. The minimum atomic E-state index is 0.287. The van der Waals surface area contributed by atoms with Crippen molar-refractivity contribution in [2.45, 2.75) is 32.1 Å². The number of nitrogens with one attached hydrogen (secondary N) is 1. The monoisotopic (exact) mass is 219 g/mol. The number of ether oxygens (including phenoxy) is 1. The van der Waals surface area contributed by atoms with E-state index in [1.54, 1.807) is 7.11 Å². The molecule has 0 aromatic heterocycles. The van der Waals surface area contributed by atoms with Gasteiger partial charge >= 0.3 is 0 Å². The molecule has 88 valence electrons. The molecule has 0 aliphatic carbocycles. The topological polar surface area (TPSA) is 21.3 Å². The number of rotatable bonds is 2. The summed E-state index contributed by atoms with van der Waals surface area (Å²) in [5.74, 6) is 0.983. The van der Waals surface area contributed by atoms with E-state index in [4.69, 9.17) is 4.74 Å². The zero-order valence-corrected chi connectivity index (χ0v) is 10.5. The van der Waals surface area contributed by atoms with Crippen LogP contribution >= 0.6 is 0 Å². The number of piperidine rings is 1. The van der Waals surface area contributed by atoms with Crippen LogP contribution in [-0.4, -0.2) is 20.2 Å². The molecule has 1 aromatic rings. The van der Waals surface area contributed by atoms with Crippen molar-refractivity contribution >= 4 is 0 Å². The molecule has 0 spiro atoms. The van der Waals surface area contributed by atoms with Crippen molar-refractivity contribution in [2.24, 2.45) is 0 Å². The molecule has 0 bridgehead atoms. The third kappa shape index (κ3) is 2.07. The molecule has 2 rings (SSSR count). The summed E-state index contributed by atoms with van der Waals surface area (Å²) in [6.07, 6.45) is 2.54. The predicted octanol–water partition coefficient (Wildman–Crippen LogP) is 2.64. The summed E-state index contributed by atoms with van der Waals surface area (Å²) in [6.45, 7) is 6.70. The van der Waals surface area contributed by atoms with E-state index in [9.17, 15) is 0 Å². The van der Waals surface area contributed by atoms with Crippen molar-refractivity contribution in [3.63, 3.8) is 0 Å². The van der Waals surface area contributed by atoms with E-state index in [1.807, 2.05) is 0 Å². The van der Waals surface area contributed by atoms with Crippen LogP contribution in [0.1, 0.15) is 30.9 Å². The Bertz CT molecular complexity index is 367. The molecule has 1 fully saturated rings. The third-order valence-corrected chi connectivity index (χ3v) is 3.69. The summed E-state index contributed by atoms with van der Waals surface area (Å²) in [5, 5.41) is 3.49. The molecule has 0 radical (unpaired) electrons. The number of methoxy groups -OCH3 is 1. The molecular weight excluding hydrogens is 198 g/mol. The van der Waals surface area contributed by atoms with Gasteiger partial charge in [-0.25, -0.2) is 0 Å².